The van der Waals surface area contributed by atoms with Gasteiger partial charge < -0.3 is 16.4 Å². The van der Waals surface area contributed by atoms with Crippen LogP contribution in [0.3, 0.4) is 0 Å². The summed E-state index contributed by atoms with van der Waals surface area (Å²) in [6.07, 6.45) is 1.70. The molecule has 0 fully saturated rings. The molecule has 5 heteroatoms. The lowest BCUT2D eigenvalue weighted by molar-refractivity contribution is -0.116. The summed E-state index contributed by atoms with van der Waals surface area (Å²) >= 11 is 0. The highest BCUT2D eigenvalue weighted by Crippen LogP contribution is 2.17. The Hall–Kier alpha value is -1.62. The fourth-order valence-corrected chi connectivity index (χ4v) is 1.73. The number of pyridine rings is 1. The summed E-state index contributed by atoms with van der Waals surface area (Å²) < 4.78 is 0. The molecule has 0 spiro atoms. The lowest BCUT2D eigenvalue weighted by atomic mass is 10.1. The van der Waals surface area contributed by atoms with Gasteiger partial charge in [0.05, 0.1) is 6.54 Å². The van der Waals surface area contributed by atoms with Crippen LogP contribution in [-0.2, 0) is 11.3 Å². The van der Waals surface area contributed by atoms with E-state index in [4.69, 9.17) is 11.5 Å². The molecule has 4 N–H and O–H groups in total. The third-order valence-electron chi connectivity index (χ3n) is 2.32. The zero-order valence-corrected chi connectivity index (χ0v) is 10.4. The molecular formula is C12H20N4O. The molecule has 5 nitrogen and oxygen atoms in total. The van der Waals surface area contributed by atoms with Crippen LogP contribution in [0, 0.1) is 5.92 Å². The summed E-state index contributed by atoms with van der Waals surface area (Å²) in [5.74, 6) is 0.809. The van der Waals surface area contributed by atoms with Crippen molar-refractivity contribution in [1.82, 2.24) is 4.98 Å². The Morgan fingerprint density at radius 2 is 2.24 bits per heavy atom. The molecule has 17 heavy (non-hydrogen) atoms. The van der Waals surface area contributed by atoms with Gasteiger partial charge in [-0.3, -0.25) is 4.79 Å². The monoisotopic (exact) mass is 236 g/mol. The lowest BCUT2D eigenvalue weighted by Crippen LogP contribution is -2.37. The Kier molecular flexibility index (Phi) is 4.90. The van der Waals surface area contributed by atoms with Gasteiger partial charge in [-0.25, -0.2) is 4.98 Å². The molecule has 0 radical (unpaired) electrons. The van der Waals surface area contributed by atoms with Gasteiger partial charge >= 0.3 is 0 Å². The fraction of sp³-hybridized carbons (Fsp3) is 0.500. The van der Waals surface area contributed by atoms with Gasteiger partial charge in [-0.15, -0.1) is 0 Å². The number of aromatic nitrogens is 1. The number of hydrogen-bond acceptors (Lipinski definition) is 4. The second-order valence-electron chi connectivity index (χ2n) is 4.43. The predicted octanol–water partition coefficient (Wildman–Crippen LogP) is 0.488. The summed E-state index contributed by atoms with van der Waals surface area (Å²) in [5, 5.41) is 0. The highest BCUT2D eigenvalue weighted by atomic mass is 16.1. The van der Waals surface area contributed by atoms with Gasteiger partial charge in [0.2, 0.25) is 5.91 Å². The molecule has 0 aliphatic rings. The van der Waals surface area contributed by atoms with Gasteiger partial charge in [0.25, 0.3) is 0 Å². The molecule has 0 unspecified atom stereocenters. The molecule has 0 saturated carbocycles. The molecule has 0 aliphatic heterocycles. The van der Waals surface area contributed by atoms with E-state index in [0.29, 0.717) is 12.5 Å². The van der Waals surface area contributed by atoms with Crippen molar-refractivity contribution >= 4 is 11.7 Å². The second kappa shape index (κ2) is 6.20. The first kappa shape index (κ1) is 13.4. The van der Waals surface area contributed by atoms with Crippen molar-refractivity contribution in [2.24, 2.45) is 17.4 Å². The molecule has 0 saturated heterocycles. The van der Waals surface area contributed by atoms with Gasteiger partial charge in [0, 0.05) is 24.8 Å². The van der Waals surface area contributed by atoms with Gasteiger partial charge in [-0.1, -0.05) is 19.9 Å². The molecule has 1 amide bonds. The van der Waals surface area contributed by atoms with Crippen molar-refractivity contribution in [3.63, 3.8) is 0 Å². The molecule has 0 aliphatic carbocycles. The summed E-state index contributed by atoms with van der Waals surface area (Å²) in [6.45, 7) is 5.46. The summed E-state index contributed by atoms with van der Waals surface area (Å²) in [7, 11) is 0. The van der Waals surface area contributed by atoms with E-state index >= 15 is 0 Å². The summed E-state index contributed by atoms with van der Waals surface area (Å²) in [5.41, 5.74) is 11.9. The van der Waals surface area contributed by atoms with Crippen LogP contribution >= 0.6 is 0 Å². The van der Waals surface area contributed by atoms with E-state index < -0.39 is 0 Å². The zero-order valence-electron chi connectivity index (χ0n) is 10.4. The van der Waals surface area contributed by atoms with Crippen LogP contribution in [0.4, 0.5) is 5.82 Å². The standard InChI is InChI=1S/C12H20N4O/c1-9(2)7-16(8-11(14)17)12-10(6-13)4-3-5-15-12/h3-5,9H,6-8,13H2,1-2H3,(H2,14,17). The largest absolute Gasteiger partial charge is 0.368 e. The SMILES string of the molecule is CC(C)CN(CC(N)=O)c1ncccc1CN. The maximum atomic E-state index is 11.1. The number of carbonyl (C=O) groups is 1. The number of nitrogens with two attached hydrogens (primary N) is 2. The van der Waals surface area contributed by atoms with Gasteiger partial charge in [0.15, 0.2) is 0 Å². The first-order valence-corrected chi connectivity index (χ1v) is 5.71. The van der Waals surface area contributed by atoms with E-state index in [1.54, 1.807) is 6.20 Å². The van der Waals surface area contributed by atoms with E-state index in [1.807, 2.05) is 17.0 Å². The van der Waals surface area contributed by atoms with Crippen molar-refractivity contribution in [2.75, 3.05) is 18.0 Å². The molecule has 0 bridgehead atoms. The van der Waals surface area contributed by atoms with E-state index in [-0.39, 0.29) is 12.5 Å². The minimum absolute atomic E-state index is 0.169. The molecule has 0 aromatic carbocycles. The Labute approximate surface area is 102 Å². The third kappa shape index (κ3) is 4.03. The first-order valence-electron chi connectivity index (χ1n) is 5.71. The molecule has 1 rings (SSSR count). The Morgan fingerprint density at radius 1 is 1.53 bits per heavy atom. The summed E-state index contributed by atoms with van der Waals surface area (Å²) in [4.78, 5) is 17.3. The van der Waals surface area contributed by atoms with Crippen LogP contribution in [0.2, 0.25) is 0 Å². The van der Waals surface area contributed by atoms with Crippen molar-refractivity contribution in [1.29, 1.82) is 0 Å². The van der Waals surface area contributed by atoms with Crippen molar-refractivity contribution in [3.05, 3.63) is 23.9 Å². The highest BCUT2D eigenvalue weighted by molar-refractivity contribution is 5.79. The normalized spacial score (nSPS) is 10.6. The number of hydrogen-bond donors (Lipinski definition) is 2. The third-order valence-corrected chi connectivity index (χ3v) is 2.32. The maximum Gasteiger partial charge on any atom is 0.236 e. The minimum Gasteiger partial charge on any atom is -0.368 e. The van der Waals surface area contributed by atoms with Crippen LogP contribution in [0.15, 0.2) is 18.3 Å². The number of primary amides is 1. The van der Waals surface area contributed by atoms with Crippen LogP contribution < -0.4 is 16.4 Å². The number of nitrogens with zero attached hydrogens (tertiary/aromatic N) is 2. The fourth-order valence-electron chi connectivity index (χ4n) is 1.73. The van der Waals surface area contributed by atoms with Crippen molar-refractivity contribution < 1.29 is 4.79 Å². The average Bonchev–Trinajstić information content (AvgIpc) is 2.27. The second-order valence-corrected chi connectivity index (χ2v) is 4.43. The quantitative estimate of drug-likeness (QED) is 0.752. The van der Waals surface area contributed by atoms with Gasteiger partial charge in [0.1, 0.15) is 5.82 Å². The molecule has 94 valence electrons. The van der Waals surface area contributed by atoms with E-state index in [1.165, 1.54) is 0 Å². The predicted molar refractivity (Wildman–Crippen MR) is 68.4 cm³/mol. The van der Waals surface area contributed by atoms with Crippen LogP contribution in [0.5, 0.6) is 0 Å². The van der Waals surface area contributed by atoms with Gasteiger partial charge in [-0.05, 0) is 12.0 Å². The Balaban J connectivity index is 2.98. The smallest absolute Gasteiger partial charge is 0.236 e. The van der Waals surface area contributed by atoms with E-state index in [2.05, 4.69) is 18.8 Å². The summed E-state index contributed by atoms with van der Waals surface area (Å²) in [6, 6.07) is 3.75. The Morgan fingerprint density at radius 3 is 2.76 bits per heavy atom. The lowest BCUT2D eigenvalue weighted by Gasteiger charge is -2.25. The van der Waals surface area contributed by atoms with Crippen molar-refractivity contribution in [3.8, 4) is 0 Å². The molecular weight excluding hydrogens is 216 g/mol. The molecule has 0 atom stereocenters. The average molecular weight is 236 g/mol. The number of carbonyl (C=O) groups excluding carboxylic acids is 1. The molecule has 1 aromatic heterocycles. The molecule has 1 aromatic rings. The van der Waals surface area contributed by atoms with Crippen LogP contribution in [0.25, 0.3) is 0 Å². The number of anilines is 1. The highest BCUT2D eigenvalue weighted by Gasteiger charge is 2.15. The first-order chi connectivity index (χ1) is 8.04. The topological polar surface area (TPSA) is 85.2 Å². The zero-order chi connectivity index (χ0) is 12.8. The van der Waals surface area contributed by atoms with Crippen LogP contribution in [0.1, 0.15) is 19.4 Å². The van der Waals surface area contributed by atoms with Crippen molar-refractivity contribution in [2.45, 2.75) is 20.4 Å². The maximum absolute atomic E-state index is 11.1. The number of rotatable bonds is 6. The number of amides is 1. The minimum atomic E-state index is -0.362. The molecule has 1 heterocycles. The van der Waals surface area contributed by atoms with Gasteiger partial charge in [-0.2, -0.15) is 0 Å². The van der Waals surface area contributed by atoms with Crippen LogP contribution in [-0.4, -0.2) is 24.0 Å². The van der Waals surface area contributed by atoms with E-state index in [0.717, 1.165) is 17.9 Å². The Bertz CT molecular complexity index is 379. The van der Waals surface area contributed by atoms with E-state index in [9.17, 15) is 4.79 Å².